The van der Waals surface area contributed by atoms with Crippen LogP contribution in [-0.4, -0.2) is 58.6 Å². The highest BCUT2D eigenvalue weighted by atomic mass is 35.5. The third-order valence-electron chi connectivity index (χ3n) is 6.16. The first-order valence-electron chi connectivity index (χ1n) is 10.7. The molecule has 5 atom stereocenters. The molecule has 0 spiro atoms. The summed E-state index contributed by atoms with van der Waals surface area (Å²) in [6, 6.07) is 23.3. The summed E-state index contributed by atoms with van der Waals surface area (Å²) < 4.78 is 11.3. The van der Waals surface area contributed by atoms with E-state index in [1.54, 1.807) is 18.2 Å². The summed E-state index contributed by atoms with van der Waals surface area (Å²) in [4.78, 5) is 0. The Bertz CT molecular complexity index is 1070. The van der Waals surface area contributed by atoms with E-state index in [4.69, 9.17) is 21.1 Å². The fraction of sp³-hybridized carbons (Fsp3) is 0.308. The van der Waals surface area contributed by atoms with Gasteiger partial charge in [-0.15, -0.1) is 0 Å². The van der Waals surface area contributed by atoms with Gasteiger partial charge < -0.3 is 29.9 Å². The van der Waals surface area contributed by atoms with Gasteiger partial charge in [0, 0.05) is 17.7 Å². The van der Waals surface area contributed by atoms with Crippen LogP contribution in [-0.2, 0) is 21.7 Å². The monoisotopic (exact) mass is 470 g/mol. The zero-order chi connectivity index (χ0) is 23.6. The summed E-state index contributed by atoms with van der Waals surface area (Å²) in [6.07, 6.45) is -5.22. The first-order chi connectivity index (χ1) is 15.9. The Hall–Kier alpha value is -2.29. The minimum Gasteiger partial charge on any atom is -0.394 e. The normalized spacial score (nSPS) is 27.5. The molecule has 1 fully saturated rings. The third kappa shape index (κ3) is 4.56. The topological polar surface area (TPSA) is 99.4 Å². The van der Waals surface area contributed by atoms with Gasteiger partial charge in [-0.3, -0.25) is 0 Å². The molecule has 7 heteroatoms. The largest absolute Gasteiger partial charge is 0.394 e. The summed E-state index contributed by atoms with van der Waals surface area (Å²) in [5.74, 6) is -1.78. The molecule has 0 aromatic heterocycles. The van der Waals surface area contributed by atoms with Gasteiger partial charge in [-0.25, -0.2) is 0 Å². The quantitative estimate of drug-likeness (QED) is 0.442. The predicted molar refractivity (Wildman–Crippen MR) is 125 cm³/mol. The molecule has 0 saturated carbocycles. The molecular weight excluding hydrogens is 444 g/mol. The first kappa shape index (κ1) is 23.9. The Kier molecular flexibility index (Phi) is 7.16. The van der Waals surface area contributed by atoms with Gasteiger partial charge in [0.05, 0.1) is 6.61 Å². The van der Waals surface area contributed by atoms with Crippen LogP contribution in [0.4, 0.5) is 0 Å². The van der Waals surface area contributed by atoms with Gasteiger partial charge in [0.2, 0.25) is 5.79 Å². The molecule has 3 aromatic rings. The van der Waals surface area contributed by atoms with Gasteiger partial charge >= 0.3 is 0 Å². The molecule has 1 aliphatic heterocycles. The second-order valence-corrected chi connectivity index (χ2v) is 8.59. The number of halogens is 1. The number of benzene rings is 3. The molecular formula is C26H27ClO6. The van der Waals surface area contributed by atoms with Gasteiger partial charge in [-0.1, -0.05) is 72.3 Å². The van der Waals surface area contributed by atoms with E-state index in [0.717, 1.165) is 22.3 Å². The SMILES string of the molecule is COC1(c2ccc(Cl)c(Cc3ccc(-c4ccccc4)cc3)c2)OC(CO)C(O)C(O)C1O. The first-order valence-corrected chi connectivity index (χ1v) is 11.1. The molecule has 1 aliphatic rings. The molecule has 3 aromatic carbocycles. The Morgan fingerprint density at radius 2 is 1.58 bits per heavy atom. The average molecular weight is 471 g/mol. The van der Waals surface area contributed by atoms with E-state index in [1.165, 1.54) is 7.11 Å². The van der Waals surface area contributed by atoms with Gasteiger partial charge in [-0.2, -0.15) is 0 Å². The highest BCUT2D eigenvalue weighted by molar-refractivity contribution is 6.31. The Balaban J connectivity index is 1.63. The standard InChI is InChI=1S/C26H27ClO6/c1-32-26(25(31)24(30)23(29)22(15-28)33-26)20-11-12-21(27)19(14-20)13-16-7-9-18(10-8-16)17-5-3-2-4-6-17/h2-12,14,22-25,28-31H,13,15H2,1H3. The number of ether oxygens (including phenoxy) is 2. The van der Waals surface area contributed by atoms with Crippen molar-refractivity contribution >= 4 is 11.6 Å². The molecule has 4 rings (SSSR count). The summed E-state index contributed by atoms with van der Waals surface area (Å²) in [6.45, 7) is -0.551. The van der Waals surface area contributed by atoms with Crippen LogP contribution < -0.4 is 0 Å². The highest BCUT2D eigenvalue weighted by Gasteiger charge is 2.55. The smallest absolute Gasteiger partial charge is 0.224 e. The Morgan fingerprint density at radius 1 is 0.909 bits per heavy atom. The number of methoxy groups -OCH3 is 1. The lowest BCUT2D eigenvalue weighted by molar-refractivity contribution is -0.366. The van der Waals surface area contributed by atoms with E-state index in [0.29, 0.717) is 17.0 Å². The van der Waals surface area contributed by atoms with Crippen molar-refractivity contribution in [2.24, 2.45) is 0 Å². The second-order valence-electron chi connectivity index (χ2n) is 8.18. The van der Waals surface area contributed by atoms with Crippen molar-refractivity contribution in [2.75, 3.05) is 13.7 Å². The van der Waals surface area contributed by atoms with Crippen LogP contribution in [0.15, 0.2) is 72.8 Å². The molecule has 1 saturated heterocycles. The van der Waals surface area contributed by atoms with E-state index in [9.17, 15) is 20.4 Å². The molecule has 0 aliphatic carbocycles. The van der Waals surface area contributed by atoms with Gasteiger partial charge in [0.1, 0.15) is 24.4 Å². The molecule has 0 amide bonds. The lowest BCUT2D eigenvalue weighted by Crippen LogP contribution is -2.64. The average Bonchev–Trinajstić information content (AvgIpc) is 2.85. The van der Waals surface area contributed by atoms with Crippen LogP contribution in [0.2, 0.25) is 5.02 Å². The van der Waals surface area contributed by atoms with Crippen molar-refractivity contribution in [2.45, 2.75) is 36.6 Å². The van der Waals surface area contributed by atoms with Crippen molar-refractivity contribution in [3.05, 3.63) is 94.5 Å². The highest BCUT2D eigenvalue weighted by Crippen LogP contribution is 2.40. The van der Waals surface area contributed by atoms with E-state index in [1.807, 2.05) is 30.3 Å². The molecule has 174 valence electrons. The van der Waals surface area contributed by atoms with Crippen LogP contribution >= 0.6 is 11.6 Å². The van der Waals surface area contributed by atoms with Gasteiger partial charge in [0.25, 0.3) is 0 Å². The number of aliphatic hydroxyl groups excluding tert-OH is 4. The number of hydrogen-bond donors (Lipinski definition) is 4. The fourth-order valence-corrected chi connectivity index (χ4v) is 4.44. The maximum absolute atomic E-state index is 10.7. The molecule has 0 radical (unpaired) electrons. The van der Waals surface area contributed by atoms with Crippen molar-refractivity contribution in [1.29, 1.82) is 0 Å². The minimum atomic E-state index is -1.78. The minimum absolute atomic E-state index is 0.419. The number of rotatable bonds is 6. The second kappa shape index (κ2) is 9.91. The van der Waals surface area contributed by atoms with E-state index < -0.39 is 36.8 Å². The molecule has 33 heavy (non-hydrogen) atoms. The summed E-state index contributed by atoms with van der Waals surface area (Å²) in [7, 11) is 1.33. The van der Waals surface area contributed by atoms with Crippen molar-refractivity contribution in [1.82, 2.24) is 0 Å². The summed E-state index contributed by atoms with van der Waals surface area (Å²) in [5, 5.41) is 41.3. The zero-order valence-electron chi connectivity index (χ0n) is 18.1. The third-order valence-corrected chi connectivity index (χ3v) is 6.53. The van der Waals surface area contributed by atoms with E-state index >= 15 is 0 Å². The van der Waals surface area contributed by atoms with Crippen LogP contribution in [0.25, 0.3) is 11.1 Å². The van der Waals surface area contributed by atoms with Crippen molar-refractivity contribution < 1.29 is 29.9 Å². The van der Waals surface area contributed by atoms with E-state index in [-0.39, 0.29) is 0 Å². The summed E-state index contributed by atoms with van der Waals surface area (Å²) in [5.41, 5.74) is 4.47. The molecule has 6 nitrogen and oxygen atoms in total. The maximum atomic E-state index is 10.7. The molecule has 0 bridgehead atoms. The van der Waals surface area contributed by atoms with Crippen molar-refractivity contribution in [3.63, 3.8) is 0 Å². The molecule has 4 N–H and O–H groups in total. The van der Waals surface area contributed by atoms with Gasteiger partial charge in [0.15, 0.2) is 0 Å². The zero-order valence-corrected chi connectivity index (χ0v) is 18.9. The lowest BCUT2D eigenvalue weighted by Gasteiger charge is -2.47. The number of aliphatic hydroxyl groups is 4. The van der Waals surface area contributed by atoms with Crippen LogP contribution in [0, 0.1) is 0 Å². The Labute approximate surface area is 197 Å². The lowest BCUT2D eigenvalue weighted by atomic mass is 9.87. The summed E-state index contributed by atoms with van der Waals surface area (Å²) >= 11 is 6.47. The van der Waals surface area contributed by atoms with Crippen molar-refractivity contribution in [3.8, 4) is 11.1 Å². The van der Waals surface area contributed by atoms with Crippen LogP contribution in [0.5, 0.6) is 0 Å². The predicted octanol–water partition coefficient (Wildman–Crippen LogP) is 2.87. The Morgan fingerprint density at radius 3 is 2.21 bits per heavy atom. The van der Waals surface area contributed by atoms with Gasteiger partial charge in [-0.05, 0) is 40.8 Å². The number of hydrogen-bond acceptors (Lipinski definition) is 6. The molecule has 5 unspecified atom stereocenters. The van der Waals surface area contributed by atoms with E-state index in [2.05, 4.69) is 24.3 Å². The van der Waals surface area contributed by atoms with Crippen LogP contribution in [0.1, 0.15) is 16.7 Å². The maximum Gasteiger partial charge on any atom is 0.224 e. The van der Waals surface area contributed by atoms with Crippen LogP contribution in [0.3, 0.4) is 0 Å². The molecule has 1 heterocycles. The fourth-order valence-electron chi connectivity index (χ4n) is 4.26.